The predicted molar refractivity (Wildman–Crippen MR) is 455 cm³/mol. The van der Waals surface area contributed by atoms with E-state index in [9.17, 15) is 0 Å². The first kappa shape index (κ1) is 66.0. The number of fused-ring (bicyclic) bond motifs is 15. The Labute approximate surface area is 631 Å². The van der Waals surface area contributed by atoms with Gasteiger partial charge in [0.2, 0.25) is 0 Å². The van der Waals surface area contributed by atoms with Gasteiger partial charge in [-0.1, -0.05) is 301 Å². The Hall–Kier alpha value is -12.8. The highest BCUT2D eigenvalue weighted by molar-refractivity contribution is 6.24. The monoisotopic (exact) mass is 1380 g/mol. The summed E-state index contributed by atoms with van der Waals surface area (Å²) in [5, 5.41) is 15.1. The van der Waals surface area contributed by atoms with Crippen molar-refractivity contribution in [2.75, 3.05) is 0 Å². The van der Waals surface area contributed by atoms with Crippen LogP contribution in [0.3, 0.4) is 0 Å². The molecule has 0 bridgehead atoms. The Kier molecular flexibility index (Phi) is 15.6. The Morgan fingerprint density at radius 1 is 0.204 bits per heavy atom. The predicted octanol–water partition coefficient (Wildman–Crippen LogP) is 27.4. The highest BCUT2D eigenvalue weighted by atomic mass is 14.9. The highest BCUT2D eigenvalue weighted by Gasteiger charge is 2.39. The minimum absolute atomic E-state index is 0.000311. The maximum atomic E-state index is 4.65. The molecule has 4 heteroatoms. The zero-order chi connectivity index (χ0) is 73.3. The van der Waals surface area contributed by atoms with Gasteiger partial charge in [-0.15, -0.1) is 0 Å². The largest absolute Gasteiger partial charge is 0.265 e. The van der Waals surface area contributed by atoms with E-state index in [0.29, 0.717) is 0 Å². The lowest BCUT2D eigenvalue weighted by Crippen LogP contribution is -2.14. The third-order valence-corrected chi connectivity index (χ3v) is 23.9. The number of benzene rings is 15. The van der Waals surface area contributed by atoms with Gasteiger partial charge in [0.1, 0.15) is 0 Å². The minimum atomic E-state index is -0.000311. The van der Waals surface area contributed by atoms with Crippen molar-refractivity contribution in [3.05, 3.63) is 372 Å². The van der Waals surface area contributed by atoms with Crippen LogP contribution in [0.15, 0.2) is 322 Å². The van der Waals surface area contributed by atoms with Crippen LogP contribution in [0.25, 0.3) is 165 Å². The zero-order valence-electron chi connectivity index (χ0n) is 62.4. The third kappa shape index (κ3) is 10.5. The van der Waals surface area contributed by atoms with Gasteiger partial charge in [0.15, 0.2) is 5.82 Å². The molecule has 0 unspecified atom stereocenters. The Morgan fingerprint density at radius 3 is 0.889 bits per heavy atom. The van der Waals surface area contributed by atoms with Crippen LogP contribution in [-0.2, 0) is 16.2 Å². The van der Waals surface area contributed by atoms with E-state index in [-0.39, 0.29) is 16.2 Å². The van der Waals surface area contributed by atoms with Gasteiger partial charge in [0.25, 0.3) is 0 Å². The summed E-state index contributed by atoms with van der Waals surface area (Å²) in [6.45, 7) is 20.6. The van der Waals surface area contributed by atoms with Crippen molar-refractivity contribution in [3.8, 4) is 100 Å². The van der Waals surface area contributed by atoms with Crippen LogP contribution in [0.4, 0.5) is 0 Å². The van der Waals surface area contributed by atoms with Crippen molar-refractivity contribution in [2.24, 2.45) is 0 Å². The minimum Gasteiger partial charge on any atom is -0.265 e. The second-order valence-electron chi connectivity index (χ2n) is 31.4. The number of pyridine rings is 2. The van der Waals surface area contributed by atoms with Crippen molar-refractivity contribution >= 4 is 64.6 Å². The van der Waals surface area contributed by atoms with Crippen molar-refractivity contribution in [3.63, 3.8) is 0 Å². The molecule has 3 aliphatic rings. The normalized spacial score (nSPS) is 13.6. The summed E-state index contributed by atoms with van der Waals surface area (Å²) >= 11 is 0. The lowest BCUT2D eigenvalue weighted by atomic mass is 9.81. The zero-order valence-corrected chi connectivity index (χ0v) is 62.4. The molecule has 516 valence electrons. The number of hydrogen-bond donors (Lipinski definition) is 0. The summed E-state index contributed by atoms with van der Waals surface area (Å²) in [7, 11) is 0. The van der Waals surface area contributed by atoms with Crippen molar-refractivity contribution in [1.29, 1.82) is 0 Å². The van der Waals surface area contributed by atoms with Gasteiger partial charge in [0, 0.05) is 64.6 Å². The standard InChI is InChI=1S/2C35H27N.C34H26N2/c1-22-14-16-28-30(19-22)33(26-11-4-5-12-27(26)34(28)24-9-8-18-36-21-24)23-15-17-32-29(20-23)25-10-6-7-13-31(25)35(32,2)3;1-22-12-14-28-30(20-22)34(27-10-5-4-9-26(27)33(28)23-16-18-36-19-17-23)24-13-15-32-29(21-24)25-8-6-7-11-31(25)35(32,2)3;1-21-13-15-26-28(19-21)31(24-10-4-5-11-25(24)32(26)33-35-17-8-18-36-33)22-14-16-30-27(20-22)23-9-6-7-12-29(23)34(30,2)3/h2*4-21H,1-3H3;4-20H,1-3H3. The first-order valence-electron chi connectivity index (χ1n) is 37.8. The topological polar surface area (TPSA) is 51.6 Å². The molecule has 3 aromatic heterocycles. The molecule has 4 nitrogen and oxygen atoms in total. The van der Waals surface area contributed by atoms with Crippen LogP contribution in [0, 0.1) is 20.8 Å². The number of rotatable bonds is 6. The molecule has 21 rings (SSSR count). The molecule has 0 amide bonds. The molecule has 0 spiro atoms. The molecule has 18 aromatic rings. The molecule has 0 atom stereocenters. The lowest BCUT2D eigenvalue weighted by Gasteiger charge is -2.22. The van der Waals surface area contributed by atoms with E-state index in [1.165, 1.54) is 198 Å². The maximum absolute atomic E-state index is 4.65. The maximum Gasteiger partial charge on any atom is 0.160 e. The first-order chi connectivity index (χ1) is 52.6. The van der Waals surface area contributed by atoms with Crippen molar-refractivity contribution in [2.45, 2.75) is 78.6 Å². The molecule has 0 fully saturated rings. The van der Waals surface area contributed by atoms with Gasteiger partial charge in [0.05, 0.1) is 0 Å². The third-order valence-electron chi connectivity index (χ3n) is 23.9. The summed E-state index contributed by atoms with van der Waals surface area (Å²) in [4.78, 5) is 18.0. The summed E-state index contributed by atoms with van der Waals surface area (Å²) < 4.78 is 0. The summed E-state index contributed by atoms with van der Waals surface area (Å²) in [6.07, 6.45) is 11.2. The molecule has 0 N–H and O–H groups in total. The molecule has 0 radical (unpaired) electrons. The Morgan fingerprint density at radius 2 is 0.519 bits per heavy atom. The fourth-order valence-electron chi connectivity index (χ4n) is 18.8. The van der Waals surface area contributed by atoms with E-state index in [1.54, 1.807) is 0 Å². The second-order valence-corrected chi connectivity index (χ2v) is 31.4. The number of nitrogens with zero attached hydrogens (tertiary/aromatic N) is 4. The van der Waals surface area contributed by atoms with E-state index in [1.807, 2.05) is 49.3 Å². The SMILES string of the molecule is Cc1ccc2c(-c3cccnc3)c3ccccc3c(-c3ccc4c(c3)-c3ccccc3C4(C)C)c2c1.Cc1ccc2c(-c3ccncc3)c3ccccc3c(-c3ccc4c(c3)-c3ccccc3C4(C)C)c2c1.Cc1ccc2c(-c3ncccn3)c3ccccc3c(-c3ccc4c(c3)-c3ccccc3C4(C)C)c2c1. The van der Waals surface area contributed by atoms with Gasteiger partial charge in [-0.05, 0) is 245 Å². The van der Waals surface area contributed by atoms with Gasteiger partial charge >= 0.3 is 0 Å². The molecule has 3 heterocycles. The molecule has 108 heavy (non-hydrogen) atoms. The Bertz CT molecular complexity index is 6080. The summed E-state index contributed by atoms with van der Waals surface area (Å²) in [5.74, 6) is 0.763. The Balaban J connectivity index is 0.000000110. The molecule has 0 aliphatic heterocycles. The highest BCUT2D eigenvalue weighted by Crippen LogP contribution is 2.56. The van der Waals surface area contributed by atoms with E-state index in [0.717, 1.165) is 17.0 Å². The number of aryl methyl sites for hydroxylation is 3. The van der Waals surface area contributed by atoms with Crippen molar-refractivity contribution in [1.82, 2.24) is 19.9 Å². The summed E-state index contributed by atoms with van der Waals surface area (Å²) in [5.41, 5.74) is 34.0. The van der Waals surface area contributed by atoms with Crippen LogP contribution < -0.4 is 0 Å². The van der Waals surface area contributed by atoms with Gasteiger partial charge in [-0.3, -0.25) is 9.97 Å². The molecule has 15 aromatic carbocycles. The number of hydrogen-bond acceptors (Lipinski definition) is 4. The second kappa shape index (κ2) is 25.5. The molecular formula is C104H80N4. The fraction of sp³-hybridized carbons (Fsp3) is 0.115. The van der Waals surface area contributed by atoms with Crippen LogP contribution in [0.1, 0.15) is 91.6 Å². The van der Waals surface area contributed by atoms with Gasteiger partial charge in [-0.2, -0.15) is 0 Å². The smallest absolute Gasteiger partial charge is 0.160 e. The summed E-state index contributed by atoms with van der Waals surface area (Å²) in [6, 6.07) is 105. The van der Waals surface area contributed by atoms with E-state index in [4.69, 9.17) is 0 Å². The van der Waals surface area contributed by atoms with Crippen LogP contribution in [0.2, 0.25) is 0 Å². The molecule has 0 saturated carbocycles. The first-order valence-corrected chi connectivity index (χ1v) is 37.8. The van der Waals surface area contributed by atoms with Gasteiger partial charge in [-0.25, -0.2) is 9.97 Å². The van der Waals surface area contributed by atoms with Crippen molar-refractivity contribution < 1.29 is 0 Å². The quantitative estimate of drug-likeness (QED) is 0.156. The van der Waals surface area contributed by atoms with Crippen LogP contribution in [0.5, 0.6) is 0 Å². The fourth-order valence-corrected chi connectivity index (χ4v) is 18.8. The number of aromatic nitrogens is 4. The van der Waals surface area contributed by atoms with Gasteiger partial charge < -0.3 is 0 Å². The van der Waals surface area contributed by atoms with E-state index < -0.39 is 0 Å². The van der Waals surface area contributed by atoms with Crippen LogP contribution >= 0.6 is 0 Å². The van der Waals surface area contributed by atoms with E-state index in [2.05, 4.69) is 355 Å². The van der Waals surface area contributed by atoms with E-state index >= 15 is 0 Å². The molecule has 3 aliphatic carbocycles. The average Bonchev–Trinajstić information content (AvgIpc) is 1.26. The average molecular weight is 1390 g/mol. The lowest BCUT2D eigenvalue weighted by molar-refractivity contribution is 0.660. The molecule has 0 saturated heterocycles. The molecular weight excluding hydrogens is 1310 g/mol. The van der Waals surface area contributed by atoms with Crippen LogP contribution in [-0.4, -0.2) is 19.9 Å².